The van der Waals surface area contributed by atoms with Crippen LogP contribution < -0.4 is 15.2 Å². The summed E-state index contributed by atoms with van der Waals surface area (Å²) >= 11 is 0. The molecule has 100 valence electrons. The molecule has 0 saturated heterocycles. The quantitative estimate of drug-likeness (QED) is 0.919. The summed E-state index contributed by atoms with van der Waals surface area (Å²) in [6.45, 7) is 0. The first-order chi connectivity index (χ1) is 9.26. The highest BCUT2D eigenvalue weighted by Crippen LogP contribution is 2.30. The molecule has 0 amide bonds. The molecule has 4 nitrogen and oxygen atoms in total. The van der Waals surface area contributed by atoms with Gasteiger partial charge >= 0.3 is 0 Å². The van der Waals surface area contributed by atoms with Crippen LogP contribution in [0.5, 0.6) is 11.6 Å². The highest BCUT2D eigenvalue weighted by atomic mass is 16.5. The van der Waals surface area contributed by atoms with Gasteiger partial charge in [0.05, 0.1) is 7.11 Å². The second-order valence-electron chi connectivity index (χ2n) is 5.02. The van der Waals surface area contributed by atoms with Gasteiger partial charge in [-0.3, -0.25) is 0 Å². The Bertz CT molecular complexity index is 585. The number of fused-ring (bicyclic) bond motifs is 1. The molecule has 1 aromatic carbocycles. The van der Waals surface area contributed by atoms with Gasteiger partial charge < -0.3 is 15.2 Å². The summed E-state index contributed by atoms with van der Waals surface area (Å²) in [5.74, 6) is 1.49. The van der Waals surface area contributed by atoms with E-state index in [-0.39, 0.29) is 12.1 Å². The van der Waals surface area contributed by atoms with Gasteiger partial charge in [0.1, 0.15) is 11.9 Å². The molecule has 2 N–H and O–H groups in total. The molecule has 19 heavy (non-hydrogen) atoms. The van der Waals surface area contributed by atoms with E-state index < -0.39 is 0 Å². The van der Waals surface area contributed by atoms with Crippen LogP contribution in [0, 0.1) is 0 Å². The van der Waals surface area contributed by atoms with Gasteiger partial charge in [0.25, 0.3) is 0 Å². The molecule has 2 aromatic rings. The predicted molar refractivity (Wildman–Crippen MR) is 74.5 cm³/mol. The standard InChI is InChI=1S/C15H18N2O2/c1-18-12-4-2-10-6-7-17-15(14(10)9-12)19-13-5-3-11(16)8-13/h2,4,6-7,9,11,13H,3,5,8,16H2,1H3. The fourth-order valence-electron chi connectivity index (χ4n) is 2.58. The van der Waals surface area contributed by atoms with Crippen LogP contribution >= 0.6 is 0 Å². The van der Waals surface area contributed by atoms with Crippen molar-refractivity contribution < 1.29 is 9.47 Å². The number of aromatic nitrogens is 1. The van der Waals surface area contributed by atoms with Crippen LogP contribution in [0.2, 0.25) is 0 Å². The molecule has 0 radical (unpaired) electrons. The first-order valence-corrected chi connectivity index (χ1v) is 6.61. The molecule has 0 spiro atoms. The topological polar surface area (TPSA) is 57.4 Å². The molecule has 1 aliphatic carbocycles. The number of nitrogens with zero attached hydrogens (tertiary/aromatic N) is 1. The first kappa shape index (κ1) is 12.2. The normalized spacial score (nSPS) is 22.6. The van der Waals surface area contributed by atoms with Crippen molar-refractivity contribution >= 4 is 10.8 Å². The van der Waals surface area contributed by atoms with Crippen LogP contribution in [0.15, 0.2) is 30.5 Å². The predicted octanol–water partition coefficient (Wildman–Crippen LogP) is 2.50. The summed E-state index contributed by atoms with van der Waals surface area (Å²) in [5, 5.41) is 2.09. The van der Waals surface area contributed by atoms with Gasteiger partial charge in [-0.15, -0.1) is 0 Å². The van der Waals surface area contributed by atoms with E-state index in [1.165, 1.54) is 0 Å². The average molecular weight is 258 g/mol. The van der Waals surface area contributed by atoms with E-state index in [0.29, 0.717) is 5.88 Å². The Balaban J connectivity index is 1.93. The SMILES string of the molecule is COc1ccc2ccnc(OC3CCC(N)C3)c2c1. The molecule has 1 saturated carbocycles. The highest BCUT2D eigenvalue weighted by molar-refractivity contribution is 5.87. The lowest BCUT2D eigenvalue weighted by Crippen LogP contribution is -2.19. The minimum Gasteiger partial charge on any atom is -0.497 e. The van der Waals surface area contributed by atoms with Crippen LogP contribution in [0.3, 0.4) is 0 Å². The molecular formula is C15H18N2O2. The Morgan fingerprint density at radius 3 is 2.89 bits per heavy atom. The maximum atomic E-state index is 6.01. The molecule has 2 unspecified atom stereocenters. The van der Waals surface area contributed by atoms with Gasteiger partial charge in [0, 0.05) is 17.6 Å². The van der Waals surface area contributed by atoms with Crippen molar-refractivity contribution in [3.8, 4) is 11.6 Å². The molecule has 1 heterocycles. The second kappa shape index (κ2) is 5.05. The summed E-state index contributed by atoms with van der Waals surface area (Å²) in [6.07, 6.45) is 4.89. The lowest BCUT2D eigenvalue weighted by molar-refractivity contribution is 0.202. The number of hydrogen-bond donors (Lipinski definition) is 1. The van der Waals surface area contributed by atoms with E-state index in [1.54, 1.807) is 13.3 Å². The summed E-state index contributed by atoms with van der Waals surface area (Å²) in [7, 11) is 1.66. The van der Waals surface area contributed by atoms with E-state index in [2.05, 4.69) is 4.98 Å². The average Bonchev–Trinajstić information content (AvgIpc) is 2.84. The Labute approximate surface area is 112 Å². The van der Waals surface area contributed by atoms with Crippen LogP contribution in [0.1, 0.15) is 19.3 Å². The van der Waals surface area contributed by atoms with E-state index in [4.69, 9.17) is 15.2 Å². The molecule has 1 aromatic heterocycles. The van der Waals surface area contributed by atoms with E-state index in [0.717, 1.165) is 35.8 Å². The molecule has 3 rings (SSSR count). The fraction of sp³-hybridized carbons (Fsp3) is 0.400. The number of ether oxygens (including phenoxy) is 2. The summed E-state index contributed by atoms with van der Waals surface area (Å²) in [5.41, 5.74) is 5.92. The molecule has 0 bridgehead atoms. The van der Waals surface area contributed by atoms with Gasteiger partial charge in [0.2, 0.25) is 5.88 Å². The van der Waals surface area contributed by atoms with Crippen LogP contribution in [-0.4, -0.2) is 24.2 Å². The Morgan fingerprint density at radius 2 is 2.16 bits per heavy atom. The Hall–Kier alpha value is -1.81. The van der Waals surface area contributed by atoms with Gasteiger partial charge in [-0.1, -0.05) is 6.07 Å². The first-order valence-electron chi connectivity index (χ1n) is 6.61. The second-order valence-corrected chi connectivity index (χ2v) is 5.02. The molecule has 1 aliphatic rings. The van der Waals surface area contributed by atoms with Crippen LogP contribution in [0.25, 0.3) is 10.8 Å². The minimum atomic E-state index is 0.180. The zero-order chi connectivity index (χ0) is 13.2. The van der Waals surface area contributed by atoms with Gasteiger partial charge in [-0.2, -0.15) is 0 Å². The van der Waals surface area contributed by atoms with Crippen molar-refractivity contribution in [1.29, 1.82) is 0 Å². The third-order valence-corrected chi connectivity index (χ3v) is 3.64. The van der Waals surface area contributed by atoms with Crippen molar-refractivity contribution in [2.45, 2.75) is 31.4 Å². The van der Waals surface area contributed by atoms with Crippen molar-refractivity contribution in [2.24, 2.45) is 5.73 Å². The van der Waals surface area contributed by atoms with Crippen molar-refractivity contribution in [2.75, 3.05) is 7.11 Å². The van der Waals surface area contributed by atoms with Crippen molar-refractivity contribution in [3.05, 3.63) is 30.5 Å². The monoisotopic (exact) mass is 258 g/mol. The van der Waals surface area contributed by atoms with Crippen molar-refractivity contribution in [3.63, 3.8) is 0 Å². The lowest BCUT2D eigenvalue weighted by atomic mass is 10.1. The minimum absolute atomic E-state index is 0.180. The number of benzene rings is 1. The molecule has 0 aliphatic heterocycles. The molecule has 2 atom stereocenters. The number of methoxy groups -OCH3 is 1. The maximum absolute atomic E-state index is 6.01. The Kier molecular flexibility index (Phi) is 3.25. The number of pyridine rings is 1. The highest BCUT2D eigenvalue weighted by Gasteiger charge is 2.24. The molecule has 1 fully saturated rings. The molecular weight excluding hydrogens is 240 g/mol. The van der Waals surface area contributed by atoms with E-state index in [9.17, 15) is 0 Å². The Morgan fingerprint density at radius 1 is 1.26 bits per heavy atom. The summed E-state index contributed by atoms with van der Waals surface area (Å²) in [4.78, 5) is 4.35. The third kappa shape index (κ3) is 2.49. The number of hydrogen-bond acceptors (Lipinski definition) is 4. The van der Waals surface area contributed by atoms with Gasteiger partial charge in [-0.25, -0.2) is 4.98 Å². The zero-order valence-electron chi connectivity index (χ0n) is 11.0. The van der Waals surface area contributed by atoms with Crippen LogP contribution in [-0.2, 0) is 0 Å². The number of nitrogens with two attached hydrogens (primary N) is 1. The fourth-order valence-corrected chi connectivity index (χ4v) is 2.58. The largest absolute Gasteiger partial charge is 0.497 e. The maximum Gasteiger partial charge on any atom is 0.221 e. The van der Waals surface area contributed by atoms with E-state index in [1.807, 2.05) is 24.3 Å². The zero-order valence-corrected chi connectivity index (χ0v) is 11.0. The lowest BCUT2D eigenvalue weighted by Gasteiger charge is -2.14. The van der Waals surface area contributed by atoms with E-state index >= 15 is 0 Å². The van der Waals surface area contributed by atoms with Crippen molar-refractivity contribution in [1.82, 2.24) is 4.98 Å². The van der Waals surface area contributed by atoms with Crippen LogP contribution in [0.4, 0.5) is 0 Å². The molecule has 4 heteroatoms. The van der Waals surface area contributed by atoms with Gasteiger partial charge in [0.15, 0.2) is 0 Å². The number of rotatable bonds is 3. The smallest absolute Gasteiger partial charge is 0.221 e. The summed E-state index contributed by atoms with van der Waals surface area (Å²) in [6, 6.07) is 8.16. The third-order valence-electron chi connectivity index (χ3n) is 3.64. The summed E-state index contributed by atoms with van der Waals surface area (Å²) < 4.78 is 11.3. The van der Waals surface area contributed by atoms with Gasteiger partial charge in [-0.05, 0) is 42.8 Å².